The summed E-state index contributed by atoms with van der Waals surface area (Å²) < 4.78 is 0. The highest BCUT2D eigenvalue weighted by Crippen LogP contribution is 1.94. The molecule has 0 aromatic rings. The fourth-order valence-electron chi connectivity index (χ4n) is 0.913. The lowest BCUT2D eigenvalue weighted by atomic mass is 10.4. The lowest BCUT2D eigenvalue weighted by Gasteiger charge is -2.19. The molecule has 4 heteroatoms. The monoisotopic (exact) mass is 211 g/mol. The van der Waals surface area contributed by atoms with E-state index in [0.717, 1.165) is 43.3 Å². The van der Waals surface area contributed by atoms with Gasteiger partial charge in [-0.15, -0.1) is 0 Å². The molecule has 68 valence electrons. The summed E-state index contributed by atoms with van der Waals surface area (Å²) in [5, 5.41) is 0. The molecule has 0 spiro atoms. The van der Waals surface area contributed by atoms with Crippen molar-refractivity contribution in [2.45, 2.75) is 6.42 Å². The molecule has 1 nitrogen and oxygen atoms in total. The molecule has 0 bridgehead atoms. The normalized spacial score (nSPS) is 10.9. The molecule has 0 radical (unpaired) electrons. The van der Waals surface area contributed by atoms with E-state index in [0.29, 0.717) is 0 Å². The largest absolute Gasteiger partial charge is 0.302 e. The highest BCUT2D eigenvalue weighted by Gasteiger charge is 2.00. The van der Waals surface area contributed by atoms with Crippen molar-refractivity contribution in [2.75, 3.05) is 36.9 Å². The maximum Gasteiger partial charge on any atom is 0.00702 e. The summed E-state index contributed by atoms with van der Waals surface area (Å²) in [6.07, 6.45) is 1.16. The third-order valence-electron chi connectivity index (χ3n) is 1.46. The van der Waals surface area contributed by atoms with Gasteiger partial charge >= 0.3 is 0 Å². The topological polar surface area (TPSA) is 3.24 Å². The highest BCUT2D eigenvalue weighted by molar-refractivity contribution is 7.80. The zero-order chi connectivity index (χ0) is 8.53. The first-order valence-corrected chi connectivity index (χ1v) is 5.79. The van der Waals surface area contributed by atoms with Gasteiger partial charge in [0.1, 0.15) is 0 Å². The fraction of sp³-hybridized carbons (Fsp3) is 1.00. The van der Waals surface area contributed by atoms with Crippen LogP contribution in [0.3, 0.4) is 0 Å². The summed E-state index contributed by atoms with van der Waals surface area (Å²) in [5.41, 5.74) is 0. The van der Waals surface area contributed by atoms with Crippen LogP contribution in [0.1, 0.15) is 6.42 Å². The van der Waals surface area contributed by atoms with Gasteiger partial charge in [0.2, 0.25) is 0 Å². The first-order chi connectivity index (χ1) is 5.35. The Kier molecular flexibility index (Phi) is 9.94. The zero-order valence-electron chi connectivity index (χ0n) is 6.74. The molecule has 0 saturated carbocycles. The molecule has 0 rings (SSSR count). The highest BCUT2D eigenvalue weighted by atomic mass is 32.1. The van der Waals surface area contributed by atoms with Crippen LogP contribution in [0.5, 0.6) is 0 Å². The average Bonchev–Trinajstić information content (AvgIpc) is 2.01. The molecular weight excluding hydrogens is 194 g/mol. The zero-order valence-corrected chi connectivity index (χ0v) is 9.42. The number of nitrogens with zero attached hydrogens (tertiary/aromatic N) is 1. The van der Waals surface area contributed by atoms with Gasteiger partial charge in [-0.25, -0.2) is 0 Å². The number of hydrogen-bond donors (Lipinski definition) is 3. The molecule has 0 aliphatic carbocycles. The van der Waals surface area contributed by atoms with Crippen LogP contribution in [0.2, 0.25) is 0 Å². The summed E-state index contributed by atoms with van der Waals surface area (Å²) in [7, 11) is 0. The molecule has 0 saturated heterocycles. The van der Waals surface area contributed by atoms with Crippen LogP contribution in [0, 0.1) is 0 Å². The van der Waals surface area contributed by atoms with Crippen molar-refractivity contribution in [1.29, 1.82) is 0 Å². The Morgan fingerprint density at radius 3 is 1.64 bits per heavy atom. The van der Waals surface area contributed by atoms with E-state index < -0.39 is 0 Å². The smallest absolute Gasteiger partial charge is 0.00702 e. The van der Waals surface area contributed by atoms with Crippen LogP contribution in [0.4, 0.5) is 0 Å². The van der Waals surface area contributed by atoms with Gasteiger partial charge in [-0.3, -0.25) is 0 Å². The molecule has 0 heterocycles. The van der Waals surface area contributed by atoms with Crippen molar-refractivity contribution in [1.82, 2.24) is 4.90 Å². The molecule has 0 N–H and O–H groups in total. The van der Waals surface area contributed by atoms with E-state index in [1.165, 1.54) is 0 Å². The fourth-order valence-corrected chi connectivity index (χ4v) is 1.62. The maximum absolute atomic E-state index is 4.19. The Morgan fingerprint density at radius 2 is 1.27 bits per heavy atom. The van der Waals surface area contributed by atoms with E-state index in [1.807, 2.05) is 0 Å². The second kappa shape index (κ2) is 9.10. The second-order valence-electron chi connectivity index (χ2n) is 2.37. The van der Waals surface area contributed by atoms with E-state index in [2.05, 4.69) is 42.8 Å². The Hall–Kier alpha value is 1.01. The van der Waals surface area contributed by atoms with E-state index in [4.69, 9.17) is 0 Å². The van der Waals surface area contributed by atoms with Crippen molar-refractivity contribution in [3.05, 3.63) is 0 Å². The first-order valence-electron chi connectivity index (χ1n) is 3.90. The van der Waals surface area contributed by atoms with Crippen LogP contribution in [-0.4, -0.2) is 41.8 Å². The van der Waals surface area contributed by atoms with Gasteiger partial charge in [-0.1, -0.05) is 0 Å². The van der Waals surface area contributed by atoms with E-state index in [-0.39, 0.29) is 0 Å². The minimum absolute atomic E-state index is 0.931. The van der Waals surface area contributed by atoms with Gasteiger partial charge in [0.05, 0.1) is 0 Å². The molecule has 0 amide bonds. The first kappa shape index (κ1) is 12.0. The number of hydrogen-bond acceptors (Lipinski definition) is 4. The average molecular weight is 211 g/mol. The van der Waals surface area contributed by atoms with Crippen molar-refractivity contribution in [3.63, 3.8) is 0 Å². The van der Waals surface area contributed by atoms with E-state index in [9.17, 15) is 0 Å². The van der Waals surface area contributed by atoms with Gasteiger partial charge in [-0.2, -0.15) is 37.9 Å². The predicted octanol–water partition coefficient (Wildman–Crippen LogP) is 1.47. The Labute approximate surface area is 86.2 Å². The summed E-state index contributed by atoms with van der Waals surface area (Å²) in [5.74, 6) is 2.83. The molecule has 0 unspecified atom stereocenters. The van der Waals surface area contributed by atoms with Crippen LogP contribution in [-0.2, 0) is 0 Å². The van der Waals surface area contributed by atoms with Crippen molar-refractivity contribution in [2.24, 2.45) is 0 Å². The summed E-state index contributed by atoms with van der Waals surface area (Å²) in [4.78, 5) is 2.37. The predicted molar refractivity (Wildman–Crippen MR) is 62.6 cm³/mol. The Balaban J connectivity index is 3.34. The molecule has 0 aliphatic rings. The minimum atomic E-state index is 0.931. The van der Waals surface area contributed by atoms with Crippen molar-refractivity contribution in [3.8, 4) is 0 Å². The van der Waals surface area contributed by atoms with Gasteiger partial charge in [-0.05, 0) is 18.7 Å². The second-order valence-corrected chi connectivity index (χ2v) is 3.71. The van der Waals surface area contributed by atoms with E-state index >= 15 is 0 Å². The van der Waals surface area contributed by atoms with E-state index in [1.54, 1.807) is 0 Å². The van der Waals surface area contributed by atoms with Gasteiger partial charge in [0.15, 0.2) is 0 Å². The number of thiol groups is 3. The molecular formula is C7H17NS3. The molecule has 0 aromatic heterocycles. The lowest BCUT2D eigenvalue weighted by Crippen LogP contribution is -2.29. The molecule has 0 aliphatic heterocycles. The van der Waals surface area contributed by atoms with Gasteiger partial charge in [0.25, 0.3) is 0 Å². The maximum atomic E-state index is 4.19. The lowest BCUT2D eigenvalue weighted by molar-refractivity contribution is 0.311. The van der Waals surface area contributed by atoms with Crippen molar-refractivity contribution < 1.29 is 0 Å². The minimum Gasteiger partial charge on any atom is -0.302 e. The summed E-state index contributed by atoms with van der Waals surface area (Å²) in [6, 6.07) is 0. The van der Waals surface area contributed by atoms with Crippen LogP contribution in [0.15, 0.2) is 0 Å². The summed E-state index contributed by atoms with van der Waals surface area (Å²) in [6.45, 7) is 3.26. The summed E-state index contributed by atoms with van der Waals surface area (Å²) >= 11 is 12.5. The standard InChI is InChI=1S/C7H17NS3/c9-5-1-2-8(3-6-10)4-7-11/h9-11H,1-7H2. The Morgan fingerprint density at radius 1 is 0.727 bits per heavy atom. The van der Waals surface area contributed by atoms with Gasteiger partial charge in [0, 0.05) is 24.6 Å². The van der Waals surface area contributed by atoms with Crippen molar-refractivity contribution >= 4 is 37.9 Å². The van der Waals surface area contributed by atoms with Crippen LogP contribution >= 0.6 is 37.9 Å². The molecule has 0 fully saturated rings. The number of rotatable bonds is 7. The van der Waals surface area contributed by atoms with Gasteiger partial charge < -0.3 is 4.90 Å². The molecule has 11 heavy (non-hydrogen) atoms. The quantitative estimate of drug-likeness (QED) is 0.538. The van der Waals surface area contributed by atoms with Crippen LogP contribution in [0.25, 0.3) is 0 Å². The Bertz CT molecular complexity index is 74.1. The third kappa shape index (κ3) is 7.37. The molecule has 0 aromatic carbocycles. The third-order valence-corrected chi connectivity index (χ3v) is 2.18. The molecule has 0 atom stereocenters. The van der Waals surface area contributed by atoms with Crippen LogP contribution < -0.4 is 0 Å². The SMILES string of the molecule is SCCCN(CCS)CCS.